The van der Waals surface area contributed by atoms with Crippen LogP contribution in [0.25, 0.3) is 11.3 Å². The van der Waals surface area contributed by atoms with Crippen LogP contribution in [0.2, 0.25) is 0 Å². The Hall–Kier alpha value is -3.22. The number of pyridine rings is 1. The molecule has 5 nitrogen and oxygen atoms in total. The van der Waals surface area contributed by atoms with Gasteiger partial charge in [-0.3, -0.25) is 0 Å². The number of nitriles is 2. The summed E-state index contributed by atoms with van der Waals surface area (Å²) in [6.07, 6.45) is 1.50. The van der Waals surface area contributed by atoms with E-state index in [1.54, 1.807) is 12.1 Å². The van der Waals surface area contributed by atoms with Gasteiger partial charge in [0.1, 0.15) is 34.3 Å². The fraction of sp³-hybridized carbons (Fsp3) is 0.150. The van der Waals surface area contributed by atoms with Crippen molar-refractivity contribution in [2.24, 2.45) is 0 Å². The summed E-state index contributed by atoms with van der Waals surface area (Å²) in [6, 6.07) is 11.8. The summed E-state index contributed by atoms with van der Waals surface area (Å²) in [6.45, 7) is 6.09. The Labute approximate surface area is 156 Å². The molecule has 2 heterocycles. The van der Waals surface area contributed by atoms with Gasteiger partial charge in [-0.25, -0.2) is 4.98 Å². The molecular weight excluding hydrogens is 344 g/mol. The topological polar surface area (TPSA) is 99.6 Å². The minimum atomic E-state index is 0.0859. The van der Waals surface area contributed by atoms with Gasteiger partial charge in [-0.2, -0.15) is 10.5 Å². The molecule has 0 radical (unpaired) electrons. The highest BCUT2D eigenvalue weighted by Crippen LogP contribution is 2.40. The van der Waals surface area contributed by atoms with Gasteiger partial charge in [-0.1, -0.05) is 29.5 Å². The largest absolute Gasteiger partial charge is 0.464 e. The third-order valence-electron chi connectivity index (χ3n) is 3.99. The molecule has 2 N–H and O–H groups in total. The van der Waals surface area contributed by atoms with Crippen molar-refractivity contribution in [3.63, 3.8) is 0 Å². The summed E-state index contributed by atoms with van der Waals surface area (Å²) in [7, 11) is 0. The summed E-state index contributed by atoms with van der Waals surface area (Å²) in [5, 5.41) is 19.7. The number of furan rings is 1. The van der Waals surface area contributed by atoms with Crippen molar-refractivity contribution in [1.82, 2.24) is 4.98 Å². The molecule has 0 aliphatic rings. The standard InChI is InChI=1S/C20H16N4OS/c1-11-7-12(2)18(13(3)8-11)26-20-15(10-22)17(16-5-4-6-25-16)14(9-21)19(23)24-20/h4-8H,1-3H3,(H2,23,24). The lowest BCUT2D eigenvalue weighted by atomic mass is 10.0. The molecule has 3 rings (SSSR count). The number of anilines is 1. The van der Waals surface area contributed by atoms with Crippen LogP contribution in [0.1, 0.15) is 27.8 Å². The van der Waals surface area contributed by atoms with Crippen LogP contribution in [0.3, 0.4) is 0 Å². The van der Waals surface area contributed by atoms with Crippen LogP contribution in [0, 0.1) is 43.4 Å². The Kier molecular flexibility index (Phi) is 4.71. The number of aromatic nitrogens is 1. The smallest absolute Gasteiger partial charge is 0.143 e. The van der Waals surface area contributed by atoms with Gasteiger partial charge in [0.15, 0.2) is 0 Å². The second-order valence-corrected chi connectivity index (χ2v) is 6.96. The minimum absolute atomic E-state index is 0.0859. The van der Waals surface area contributed by atoms with Crippen LogP contribution in [0.5, 0.6) is 0 Å². The van der Waals surface area contributed by atoms with E-state index in [0.29, 0.717) is 16.3 Å². The van der Waals surface area contributed by atoms with E-state index in [1.807, 2.05) is 26.8 Å². The second-order valence-electron chi connectivity index (χ2n) is 5.96. The molecule has 0 aliphatic carbocycles. The first-order valence-electron chi connectivity index (χ1n) is 7.89. The maximum Gasteiger partial charge on any atom is 0.143 e. The molecular formula is C20H16N4OS. The summed E-state index contributed by atoms with van der Waals surface area (Å²) >= 11 is 1.38. The first kappa shape index (κ1) is 17.6. The zero-order chi connectivity index (χ0) is 18.8. The first-order valence-corrected chi connectivity index (χ1v) is 8.71. The van der Waals surface area contributed by atoms with Gasteiger partial charge >= 0.3 is 0 Å². The number of hydrogen-bond acceptors (Lipinski definition) is 6. The average molecular weight is 360 g/mol. The Balaban J connectivity index is 2.25. The normalized spacial score (nSPS) is 10.3. The highest BCUT2D eigenvalue weighted by molar-refractivity contribution is 7.99. The molecule has 3 aromatic rings. The van der Waals surface area contributed by atoms with Crippen molar-refractivity contribution < 1.29 is 4.42 Å². The Morgan fingerprint density at radius 1 is 1.08 bits per heavy atom. The molecule has 0 saturated carbocycles. The number of nitrogens with zero attached hydrogens (tertiary/aromatic N) is 3. The lowest BCUT2D eigenvalue weighted by molar-refractivity contribution is 0.581. The quantitative estimate of drug-likeness (QED) is 0.724. The number of nitrogens with two attached hydrogens (primary N) is 1. The zero-order valence-electron chi connectivity index (χ0n) is 14.6. The van der Waals surface area contributed by atoms with E-state index in [4.69, 9.17) is 10.2 Å². The Morgan fingerprint density at radius 3 is 2.27 bits per heavy atom. The molecule has 0 fully saturated rings. The van der Waals surface area contributed by atoms with Crippen molar-refractivity contribution >= 4 is 17.6 Å². The van der Waals surface area contributed by atoms with Crippen LogP contribution in [-0.4, -0.2) is 4.98 Å². The fourth-order valence-electron chi connectivity index (χ4n) is 2.96. The van der Waals surface area contributed by atoms with Gasteiger partial charge in [0, 0.05) is 4.90 Å². The van der Waals surface area contributed by atoms with Crippen LogP contribution in [0.15, 0.2) is 44.9 Å². The van der Waals surface area contributed by atoms with Gasteiger partial charge in [0.05, 0.1) is 17.4 Å². The van der Waals surface area contributed by atoms with Crippen LogP contribution >= 0.6 is 11.8 Å². The SMILES string of the molecule is Cc1cc(C)c(Sc2nc(N)c(C#N)c(-c3ccco3)c2C#N)c(C)c1. The van der Waals surface area contributed by atoms with Crippen LogP contribution in [-0.2, 0) is 0 Å². The third-order valence-corrected chi connectivity index (χ3v) is 5.32. The van der Waals surface area contributed by atoms with E-state index in [2.05, 4.69) is 23.2 Å². The number of nitrogen functional groups attached to an aromatic ring is 1. The maximum absolute atomic E-state index is 9.77. The molecule has 0 amide bonds. The van der Waals surface area contributed by atoms with Crippen molar-refractivity contribution in [2.75, 3.05) is 5.73 Å². The lowest BCUT2D eigenvalue weighted by Crippen LogP contribution is -2.03. The summed E-state index contributed by atoms with van der Waals surface area (Å²) in [5.41, 5.74) is 10.2. The highest BCUT2D eigenvalue weighted by Gasteiger charge is 2.23. The highest BCUT2D eigenvalue weighted by atomic mass is 32.2. The molecule has 0 saturated heterocycles. The average Bonchev–Trinajstić information content (AvgIpc) is 3.11. The van der Waals surface area contributed by atoms with E-state index in [0.717, 1.165) is 16.0 Å². The molecule has 128 valence electrons. The Morgan fingerprint density at radius 2 is 1.73 bits per heavy atom. The van der Waals surface area contributed by atoms with Crippen LogP contribution in [0.4, 0.5) is 5.82 Å². The molecule has 0 bridgehead atoms. The summed E-state index contributed by atoms with van der Waals surface area (Å²) in [4.78, 5) is 5.36. The van der Waals surface area contributed by atoms with E-state index in [9.17, 15) is 10.5 Å². The maximum atomic E-state index is 9.77. The number of rotatable bonds is 3. The van der Waals surface area contributed by atoms with Crippen molar-refractivity contribution in [3.05, 3.63) is 58.3 Å². The van der Waals surface area contributed by atoms with Crippen molar-refractivity contribution in [2.45, 2.75) is 30.7 Å². The van der Waals surface area contributed by atoms with Gasteiger partial charge in [0.2, 0.25) is 0 Å². The van der Waals surface area contributed by atoms with Gasteiger partial charge in [-0.15, -0.1) is 0 Å². The van der Waals surface area contributed by atoms with Crippen molar-refractivity contribution in [1.29, 1.82) is 10.5 Å². The number of benzene rings is 1. The zero-order valence-corrected chi connectivity index (χ0v) is 15.4. The van der Waals surface area contributed by atoms with Crippen LogP contribution < -0.4 is 5.73 Å². The number of hydrogen-bond donors (Lipinski definition) is 1. The monoisotopic (exact) mass is 360 g/mol. The lowest BCUT2D eigenvalue weighted by Gasteiger charge is -2.14. The Bertz CT molecular complexity index is 1050. The second kappa shape index (κ2) is 6.95. The predicted octanol–water partition coefficient (Wildman–Crippen LogP) is 4.74. The third kappa shape index (κ3) is 3.03. The van der Waals surface area contributed by atoms with E-state index in [-0.39, 0.29) is 16.9 Å². The molecule has 0 spiro atoms. The number of aryl methyl sites for hydroxylation is 3. The van der Waals surface area contributed by atoms with Gasteiger partial charge < -0.3 is 10.2 Å². The summed E-state index contributed by atoms with van der Waals surface area (Å²) in [5.74, 6) is 0.509. The first-order chi connectivity index (χ1) is 12.5. The van der Waals surface area contributed by atoms with E-state index < -0.39 is 0 Å². The fourth-order valence-corrected chi connectivity index (χ4v) is 3.99. The molecule has 26 heavy (non-hydrogen) atoms. The van der Waals surface area contributed by atoms with E-state index in [1.165, 1.54) is 23.6 Å². The molecule has 2 aromatic heterocycles. The minimum Gasteiger partial charge on any atom is -0.464 e. The molecule has 0 aliphatic heterocycles. The van der Waals surface area contributed by atoms with E-state index >= 15 is 0 Å². The molecule has 0 atom stereocenters. The van der Waals surface area contributed by atoms with Gasteiger partial charge in [-0.05, 0) is 44.0 Å². The molecule has 0 unspecified atom stereocenters. The van der Waals surface area contributed by atoms with Gasteiger partial charge in [0.25, 0.3) is 0 Å². The molecule has 6 heteroatoms. The predicted molar refractivity (Wildman–Crippen MR) is 101 cm³/mol. The summed E-state index contributed by atoms with van der Waals surface area (Å²) < 4.78 is 5.43. The molecule has 1 aromatic carbocycles. The van der Waals surface area contributed by atoms with Crippen molar-refractivity contribution in [3.8, 4) is 23.5 Å².